The van der Waals surface area contributed by atoms with Gasteiger partial charge in [0.25, 0.3) is 0 Å². The van der Waals surface area contributed by atoms with Crippen LogP contribution in [0.1, 0.15) is 20.3 Å². The molecule has 0 radical (unpaired) electrons. The number of methoxy groups -OCH3 is 1. The molecule has 140 valence electrons. The minimum Gasteiger partial charge on any atom is -0.497 e. The third-order valence-electron chi connectivity index (χ3n) is 4.00. The second-order valence-corrected chi connectivity index (χ2v) is 8.13. The summed E-state index contributed by atoms with van der Waals surface area (Å²) in [6, 6.07) is 5.30. The third-order valence-corrected chi connectivity index (χ3v) is 5.48. The molecule has 0 bridgehead atoms. The molecule has 8 heteroatoms. The Morgan fingerprint density at radius 3 is 2.36 bits per heavy atom. The number of sulfonamides is 1. The fourth-order valence-electron chi connectivity index (χ4n) is 2.69. The molecular formula is C17H26N2O5S. The number of hydrogen-bond acceptors (Lipinski definition) is 5. The molecule has 7 nitrogen and oxygen atoms in total. The van der Waals surface area contributed by atoms with Crippen molar-refractivity contribution in [2.45, 2.75) is 31.2 Å². The lowest BCUT2D eigenvalue weighted by atomic mass is 10.0. The molecule has 1 saturated heterocycles. The van der Waals surface area contributed by atoms with E-state index in [4.69, 9.17) is 9.47 Å². The summed E-state index contributed by atoms with van der Waals surface area (Å²) in [5.74, 6) is 0.546. The van der Waals surface area contributed by atoms with Gasteiger partial charge < -0.3 is 14.4 Å². The van der Waals surface area contributed by atoms with Crippen LogP contribution in [0.5, 0.6) is 5.75 Å². The molecule has 0 unspecified atom stereocenters. The van der Waals surface area contributed by atoms with Crippen LogP contribution in [0.4, 0.5) is 0 Å². The number of hydrogen-bond donors (Lipinski definition) is 1. The van der Waals surface area contributed by atoms with E-state index >= 15 is 0 Å². The Hall–Kier alpha value is -1.64. The van der Waals surface area contributed by atoms with E-state index in [9.17, 15) is 13.2 Å². The topological polar surface area (TPSA) is 84.9 Å². The fourth-order valence-corrected chi connectivity index (χ4v) is 3.89. The highest BCUT2D eigenvalue weighted by atomic mass is 32.2. The number of benzene rings is 1. The highest BCUT2D eigenvalue weighted by molar-refractivity contribution is 7.89. The van der Waals surface area contributed by atoms with E-state index < -0.39 is 16.1 Å². The Bertz CT molecular complexity index is 667. The number of nitrogens with zero attached hydrogens (tertiary/aromatic N) is 1. The zero-order chi connectivity index (χ0) is 18.4. The largest absolute Gasteiger partial charge is 0.497 e. The molecule has 25 heavy (non-hydrogen) atoms. The summed E-state index contributed by atoms with van der Waals surface area (Å²) in [6.45, 7) is 5.84. The first-order chi connectivity index (χ1) is 11.8. The summed E-state index contributed by atoms with van der Waals surface area (Å²) in [6.07, 6.45) is 0.436. The van der Waals surface area contributed by atoms with Crippen molar-refractivity contribution in [1.29, 1.82) is 0 Å². The van der Waals surface area contributed by atoms with Crippen LogP contribution in [0, 0.1) is 5.92 Å². The van der Waals surface area contributed by atoms with Gasteiger partial charge in [-0.05, 0) is 36.6 Å². The first-order valence-electron chi connectivity index (χ1n) is 8.36. The molecule has 0 saturated carbocycles. The van der Waals surface area contributed by atoms with E-state index in [-0.39, 0.29) is 16.7 Å². The molecule has 1 atom stereocenters. The fraction of sp³-hybridized carbons (Fsp3) is 0.588. The second kappa shape index (κ2) is 8.64. The SMILES string of the molecule is COc1ccc(S(=O)(=O)N[C@H](CC(C)C)C(=O)N2CCOCC2)cc1. The maximum atomic E-state index is 12.8. The second-order valence-electron chi connectivity index (χ2n) is 6.42. The monoisotopic (exact) mass is 370 g/mol. The van der Waals surface area contributed by atoms with Crippen molar-refractivity contribution in [2.75, 3.05) is 33.4 Å². The summed E-state index contributed by atoms with van der Waals surface area (Å²) >= 11 is 0. The number of amides is 1. The van der Waals surface area contributed by atoms with Gasteiger partial charge in [0.05, 0.1) is 25.2 Å². The summed E-state index contributed by atoms with van der Waals surface area (Å²) < 4.78 is 38.2. The number of nitrogens with one attached hydrogen (secondary N) is 1. The minimum atomic E-state index is -3.80. The van der Waals surface area contributed by atoms with E-state index in [0.717, 1.165) is 0 Å². The van der Waals surface area contributed by atoms with E-state index in [1.54, 1.807) is 17.0 Å². The molecule has 2 rings (SSSR count). The van der Waals surface area contributed by atoms with Crippen LogP contribution >= 0.6 is 0 Å². The van der Waals surface area contributed by atoms with Crippen LogP contribution in [0.25, 0.3) is 0 Å². The molecule has 1 aromatic carbocycles. The molecule has 1 aromatic rings. The van der Waals surface area contributed by atoms with E-state index in [1.165, 1.54) is 19.2 Å². The normalized spacial score (nSPS) is 16.7. The molecule has 1 aliphatic heterocycles. The smallest absolute Gasteiger partial charge is 0.241 e. The average Bonchev–Trinajstić information content (AvgIpc) is 2.60. The van der Waals surface area contributed by atoms with Gasteiger partial charge in [0, 0.05) is 13.1 Å². The van der Waals surface area contributed by atoms with Gasteiger partial charge in [-0.15, -0.1) is 0 Å². The Morgan fingerprint density at radius 1 is 1.24 bits per heavy atom. The van der Waals surface area contributed by atoms with Crippen LogP contribution in [0.3, 0.4) is 0 Å². The predicted octanol–water partition coefficient (Wildman–Crippen LogP) is 1.25. The highest BCUT2D eigenvalue weighted by Gasteiger charge is 2.30. The molecular weight excluding hydrogens is 344 g/mol. The number of rotatable bonds is 7. The van der Waals surface area contributed by atoms with Gasteiger partial charge in [0.2, 0.25) is 15.9 Å². The van der Waals surface area contributed by atoms with Crippen molar-refractivity contribution in [3.05, 3.63) is 24.3 Å². The standard InChI is InChI=1S/C17H26N2O5S/c1-13(2)12-16(17(20)19-8-10-24-11-9-19)18-25(21,22)15-6-4-14(23-3)5-7-15/h4-7,13,16,18H,8-12H2,1-3H3/t16-/m1/s1. The Kier molecular flexibility index (Phi) is 6.80. The molecule has 0 aliphatic carbocycles. The zero-order valence-electron chi connectivity index (χ0n) is 14.9. The lowest BCUT2D eigenvalue weighted by molar-refractivity contribution is -0.137. The lowest BCUT2D eigenvalue weighted by Crippen LogP contribution is -2.52. The van der Waals surface area contributed by atoms with Gasteiger partial charge in [0.15, 0.2) is 0 Å². The summed E-state index contributed by atoms with van der Waals surface area (Å²) in [5.41, 5.74) is 0. The first kappa shape index (κ1) is 19.7. The lowest BCUT2D eigenvalue weighted by Gasteiger charge is -2.31. The maximum Gasteiger partial charge on any atom is 0.241 e. The van der Waals surface area contributed by atoms with Crippen molar-refractivity contribution >= 4 is 15.9 Å². The Labute approximate surface area is 149 Å². The Morgan fingerprint density at radius 2 is 1.84 bits per heavy atom. The van der Waals surface area contributed by atoms with Crippen molar-refractivity contribution in [1.82, 2.24) is 9.62 Å². The van der Waals surface area contributed by atoms with Crippen molar-refractivity contribution < 1.29 is 22.7 Å². The first-order valence-corrected chi connectivity index (χ1v) is 9.84. The van der Waals surface area contributed by atoms with Gasteiger partial charge in [-0.2, -0.15) is 4.72 Å². The van der Waals surface area contributed by atoms with Gasteiger partial charge in [-0.3, -0.25) is 4.79 Å². The molecule has 1 aliphatic rings. The third kappa shape index (κ3) is 5.42. The molecule has 1 fully saturated rings. The molecule has 0 aromatic heterocycles. The van der Waals surface area contributed by atoms with Crippen molar-refractivity contribution in [3.63, 3.8) is 0 Å². The maximum absolute atomic E-state index is 12.8. The van der Waals surface area contributed by atoms with Gasteiger partial charge in [0.1, 0.15) is 11.8 Å². The van der Waals surface area contributed by atoms with Crippen LogP contribution in [0.2, 0.25) is 0 Å². The van der Waals surface area contributed by atoms with Gasteiger partial charge in [-0.25, -0.2) is 8.42 Å². The highest BCUT2D eigenvalue weighted by Crippen LogP contribution is 2.18. The average molecular weight is 370 g/mol. The van der Waals surface area contributed by atoms with Crippen molar-refractivity contribution in [3.8, 4) is 5.75 Å². The summed E-state index contributed by atoms with van der Waals surface area (Å²) in [5, 5.41) is 0. The van der Waals surface area contributed by atoms with Crippen LogP contribution < -0.4 is 9.46 Å². The molecule has 1 N–H and O–H groups in total. The number of morpholine rings is 1. The molecule has 0 spiro atoms. The van der Waals surface area contributed by atoms with Crippen LogP contribution in [0.15, 0.2) is 29.2 Å². The van der Waals surface area contributed by atoms with Crippen LogP contribution in [-0.2, 0) is 19.6 Å². The van der Waals surface area contributed by atoms with Gasteiger partial charge in [-0.1, -0.05) is 13.8 Å². The zero-order valence-corrected chi connectivity index (χ0v) is 15.7. The quantitative estimate of drug-likeness (QED) is 0.781. The van der Waals surface area contributed by atoms with E-state index in [0.29, 0.717) is 38.5 Å². The van der Waals surface area contributed by atoms with E-state index in [1.807, 2.05) is 13.8 Å². The molecule has 1 heterocycles. The minimum absolute atomic E-state index is 0.108. The van der Waals surface area contributed by atoms with Gasteiger partial charge >= 0.3 is 0 Å². The predicted molar refractivity (Wildman–Crippen MR) is 94.0 cm³/mol. The summed E-state index contributed by atoms with van der Waals surface area (Å²) in [7, 11) is -2.28. The summed E-state index contributed by atoms with van der Waals surface area (Å²) in [4.78, 5) is 14.5. The number of carbonyl (C=O) groups excluding carboxylic acids is 1. The Balaban J connectivity index is 2.17. The molecule has 1 amide bonds. The van der Waals surface area contributed by atoms with E-state index in [2.05, 4.69) is 4.72 Å². The van der Waals surface area contributed by atoms with Crippen LogP contribution in [-0.4, -0.2) is 58.7 Å². The number of ether oxygens (including phenoxy) is 2. The van der Waals surface area contributed by atoms with Crippen molar-refractivity contribution in [2.24, 2.45) is 5.92 Å². The number of carbonyl (C=O) groups is 1.